The molecular weight excluding hydrogens is 245 g/mol. The molecule has 3 N–H and O–H groups in total. The first-order chi connectivity index (χ1) is 9.15. The number of H-pyrrole nitrogens is 1. The fraction of sp³-hybridized carbons (Fsp3) is 0.357. The second-order valence-corrected chi connectivity index (χ2v) is 4.51. The maximum absolute atomic E-state index is 13.3. The number of hydrogen-bond donors (Lipinski definition) is 2. The Morgan fingerprint density at radius 3 is 2.95 bits per heavy atom. The molecule has 0 saturated heterocycles. The van der Waals surface area contributed by atoms with Gasteiger partial charge in [0.25, 0.3) is 0 Å². The Morgan fingerprint density at radius 2 is 2.26 bits per heavy atom. The molecule has 0 bridgehead atoms. The maximum atomic E-state index is 13.3. The minimum atomic E-state index is -0.304. The molecule has 2 aromatic rings. The second kappa shape index (κ2) is 5.84. The Labute approximate surface area is 111 Å². The van der Waals surface area contributed by atoms with Crippen LogP contribution in [0.15, 0.2) is 24.4 Å². The number of rotatable bonds is 5. The van der Waals surface area contributed by atoms with E-state index in [1.165, 1.54) is 12.1 Å². The maximum Gasteiger partial charge on any atom is 0.128 e. The van der Waals surface area contributed by atoms with Gasteiger partial charge in [-0.05, 0) is 31.2 Å². The van der Waals surface area contributed by atoms with Crippen molar-refractivity contribution in [3.05, 3.63) is 36.0 Å². The van der Waals surface area contributed by atoms with E-state index in [1.807, 2.05) is 0 Å². The molecule has 0 aliphatic heterocycles. The van der Waals surface area contributed by atoms with Gasteiger partial charge in [0, 0.05) is 11.5 Å². The van der Waals surface area contributed by atoms with E-state index in [2.05, 4.69) is 16.9 Å². The second-order valence-electron chi connectivity index (χ2n) is 4.51. The van der Waals surface area contributed by atoms with Gasteiger partial charge in [0.15, 0.2) is 0 Å². The van der Waals surface area contributed by atoms with Gasteiger partial charge in [0.1, 0.15) is 17.4 Å². The molecule has 1 atom stereocenters. The molecule has 0 fully saturated rings. The van der Waals surface area contributed by atoms with Crippen molar-refractivity contribution in [3.8, 4) is 17.0 Å². The minimum absolute atomic E-state index is 0.248. The van der Waals surface area contributed by atoms with Gasteiger partial charge in [-0.25, -0.2) is 9.37 Å². The number of methoxy groups -OCH3 is 1. The molecule has 0 spiro atoms. The summed E-state index contributed by atoms with van der Waals surface area (Å²) in [5.41, 5.74) is 6.95. The van der Waals surface area contributed by atoms with Crippen LogP contribution in [0.4, 0.5) is 4.39 Å². The lowest BCUT2D eigenvalue weighted by molar-refractivity contribution is 0.415. The number of nitrogens with one attached hydrogen (secondary N) is 1. The van der Waals surface area contributed by atoms with Gasteiger partial charge in [0.05, 0.1) is 19.0 Å². The Bertz CT molecular complexity index is 553. The summed E-state index contributed by atoms with van der Waals surface area (Å²) in [6.07, 6.45) is 2.55. The van der Waals surface area contributed by atoms with Crippen LogP contribution in [0.5, 0.6) is 5.75 Å². The number of nitrogens with zero attached hydrogens (tertiary/aromatic N) is 1. The van der Waals surface area contributed by atoms with Crippen molar-refractivity contribution in [1.82, 2.24) is 9.97 Å². The van der Waals surface area contributed by atoms with Crippen LogP contribution in [0.25, 0.3) is 11.3 Å². The van der Waals surface area contributed by atoms with Crippen LogP contribution in [0, 0.1) is 5.82 Å². The Kier molecular flexibility index (Phi) is 4.16. The van der Waals surface area contributed by atoms with Gasteiger partial charge in [-0.3, -0.25) is 0 Å². The van der Waals surface area contributed by atoms with Crippen LogP contribution < -0.4 is 10.5 Å². The smallest absolute Gasteiger partial charge is 0.128 e. The summed E-state index contributed by atoms with van der Waals surface area (Å²) in [6.45, 7) is 2.67. The van der Waals surface area contributed by atoms with Gasteiger partial charge >= 0.3 is 0 Å². The molecule has 0 amide bonds. The summed E-state index contributed by atoms with van der Waals surface area (Å²) in [6, 6.07) is 4.41. The monoisotopic (exact) mass is 263 g/mol. The van der Waals surface area contributed by atoms with E-state index in [0.717, 1.165) is 17.9 Å². The molecule has 2 rings (SSSR count). The van der Waals surface area contributed by atoms with Gasteiger partial charge in [-0.15, -0.1) is 0 Å². The van der Waals surface area contributed by atoms with E-state index in [1.54, 1.807) is 19.4 Å². The highest BCUT2D eigenvalue weighted by Crippen LogP contribution is 2.30. The molecule has 1 unspecified atom stereocenters. The number of nitrogens with two attached hydrogens (primary N) is 1. The molecule has 0 aliphatic carbocycles. The van der Waals surface area contributed by atoms with E-state index in [9.17, 15) is 4.39 Å². The third kappa shape index (κ3) is 2.93. The van der Waals surface area contributed by atoms with Crippen LogP contribution >= 0.6 is 0 Å². The lowest BCUT2D eigenvalue weighted by Crippen LogP contribution is -2.05. The van der Waals surface area contributed by atoms with Crippen LogP contribution in [0.2, 0.25) is 0 Å². The lowest BCUT2D eigenvalue weighted by atomic mass is 10.1. The average molecular weight is 263 g/mol. The lowest BCUT2D eigenvalue weighted by Gasteiger charge is -2.08. The van der Waals surface area contributed by atoms with Crippen molar-refractivity contribution in [2.45, 2.75) is 19.3 Å². The fourth-order valence-electron chi connectivity index (χ4n) is 2.00. The number of ether oxygens (including phenoxy) is 1. The number of halogens is 1. The minimum Gasteiger partial charge on any atom is -0.496 e. The molecule has 1 aromatic carbocycles. The van der Waals surface area contributed by atoms with E-state index in [4.69, 9.17) is 10.5 Å². The topological polar surface area (TPSA) is 63.9 Å². The zero-order valence-corrected chi connectivity index (χ0v) is 11.1. The molecule has 1 aromatic heterocycles. The highest BCUT2D eigenvalue weighted by atomic mass is 19.1. The van der Waals surface area contributed by atoms with Crippen LogP contribution in [-0.2, 0) is 0 Å². The molecule has 0 aliphatic rings. The van der Waals surface area contributed by atoms with E-state index >= 15 is 0 Å². The summed E-state index contributed by atoms with van der Waals surface area (Å²) in [7, 11) is 1.56. The predicted octanol–water partition coefficient (Wildman–Crippen LogP) is 2.68. The molecule has 5 heteroatoms. The SMILES string of the molecule is COc1ccc(F)cc1-c1cnc(C(C)CCN)[nH]1. The van der Waals surface area contributed by atoms with Gasteiger partial charge in [0.2, 0.25) is 0 Å². The molecular formula is C14H18FN3O. The Hall–Kier alpha value is -1.88. The van der Waals surface area contributed by atoms with Gasteiger partial charge in [-0.1, -0.05) is 6.92 Å². The number of aromatic nitrogens is 2. The summed E-state index contributed by atoms with van der Waals surface area (Å²) < 4.78 is 18.6. The van der Waals surface area contributed by atoms with Crippen molar-refractivity contribution in [2.75, 3.05) is 13.7 Å². The van der Waals surface area contributed by atoms with E-state index in [-0.39, 0.29) is 11.7 Å². The zero-order chi connectivity index (χ0) is 13.8. The average Bonchev–Trinajstić information content (AvgIpc) is 2.88. The van der Waals surface area contributed by atoms with Crippen molar-refractivity contribution in [1.29, 1.82) is 0 Å². The quantitative estimate of drug-likeness (QED) is 0.871. The molecule has 102 valence electrons. The van der Waals surface area contributed by atoms with E-state index in [0.29, 0.717) is 17.9 Å². The largest absolute Gasteiger partial charge is 0.496 e. The molecule has 0 radical (unpaired) electrons. The molecule has 4 nitrogen and oxygen atoms in total. The summed E-state index contributed by atoms with van der Waals surface area (Å²) >= 11 is 0. The first-order valence-electron chi connectivity index (χ1n) is 6.24. The molecule has 0 saturated carbocycles. The first-order valence-corrected chi connectivity index (χ1v) is 6.24. The summed E-state index contributed by atoms with van der Waals surface area (Å²) in [5, 5.41) is 0. The van der Waals surface area contributed by atoms with Gasteiger partial charge in [-0.2, -0.15) is 0 Å². The number of hydrogen-bond acceptors (Lipinski definition) is 3. The third-order valence-corrected chi connectivity index (χ3v) is 3.11. The van der Waals surface area contributed by atoms with Crippen LogP contribution in [-0.4, -0.2) is 23.6 Å². The molecule has 1 heterocycles. The zero-order valence-electron chi connectivity index (χ0n) is 11.1. The van der Waals surface area contributed by atoms with Crippen molar-refractivity contribution in [3.63, 3.8) is 0 Å². The summed E-state index contributed by atoms with van der Waals surface area (Å²) in [4.78, 5) is 7.53. The van der Waals surface area contributed by atoms with Crippen molar-refractivity contribution in [2.24, 2.45) is 5.73 Å². The van der Waals surface area contributed by atoms with Crippen LogP contribution in [0.1, 0.15) is 25.1 Å². The van der Waals surface area contributed by atoms with E-state index < -0.39 is 0 Å². The molecule has 19 heavy (non-hydrogen) atoms. The highest BCUT2D eigenvalue weighted by Gasteiger charge is 2.13. The van der Waals surface area contributed by atoms with Crippen molar-refractivity contribution < 1.29 is 9.13 Å². The first kappa shape index (κ1) is 13.5. The normalized spacial score (nSPS) is 12.4. The van der Waals surface area contributed by atoms with Crippen LogP contribution in [0.3, 0.4) is 0 Å². The standard InChI is InChI=1S/C14H18FN3O/c1-9(5-6-16)14-17-8-12(18-14)11-7-10(15)3-4-13(11)19-2/h3-4,7-9H,5-6,16H2,1-2H3,(H,17,18). The number of aromatic amines is 1. The predicted molar refractivity (Wildman–Crippen MR) is 72.6 cm³/mol. The highest BCUT2D eigenvalue weighted by molar-refractivity contribution is 5.66. The number of benzene rings is 1. The number of imidazole rings is 1. The summed E-state index contributed by atoms with van der Waals surface area (Å²) in [5.74, 6) is 1.41. The Balaban J connectivity index is 2.34. The van der Waals surface area contributed by atoms with Gasteiger partial charge < -0.3 is 15.5 Å². The van der Waals surface area contributed by atoms with Crippen molar-refractivity contribution >= 4 is 0 Å². The third-order valence-electron chi connectivity index (χ3n) is 3.11. The Morgan fingerprint density at radius 1 is 1.47 bits per heavy atom. The fourth-order valence-corrected chi connectivity index (χ4v) is 2.00.